The summed E-state index contributed by atoms with van der Waals surface area (Å²) in [5, 5.41) is 20.7. The maximum Gasteiger partial charge on any atom is 0.328 e. The van der Waals surface area contributed by atoms with E-state index >= 15 is 0 Å². The van der Waals surface area contributed by atoms with Crippen LogP contribution in [-0.2, 0) is 9.53 Å². The molecule has 0 aliphatic carbocycles. The number of ether oxygens (including phenoxy) is 1. The predicted molar refractivity (Wildman–Crippen MR) is 100 cm³/mol. The number of phenols is 1. The largest absolute Gasteiger partial charge is 0.507 e. The number of fused-ring (bicyclic) bond motifs is 1. The van der Waals surface area contributed by atoms with Crippen LogP contribution in [0, 0.1) is 5.82 Å². The highest BCUT2D eigenvalue weighted by atomic mass is 19.1. The fourth-order valence-corrected chi connectivity index (χ4v) is 3.49. The van der Waals surface area contributed by atoms with E-state index in [2.05, 4.69) is 9.97 Å². The Morgan fingerprint density at radius 2 is 2.04 bits per heavy atom. The molecule has 0 amide bonds. The number of methoxy groups -OCH3 is 1. The number of para-hydroxylation sites is 1. The number of hydrogen-bond donors (Lipinski definition) is 2. The van der Waals surface area contributed by atoms with E-state index in [0.29, 0.717) is 22.3 Å². The van der Waals surface area contributed by atoms with Gasteiger partial charge in [-0.15, -0.1) is 0 Å². The molecule has 1 fully saturated rings. The van der Waals surface area contributed by atoms with E-state index < -0.39 is 23.9 Å². The standard InChI is InChI=1S/C20H18FN3O4/c1-28-20(27)16-9-12(25)10-24(16)19-14-8-11(21)6-7-15(14)22-18(23-19)13-4-2-3-5-17(13)26/h2-8,12,16,25-26H,9-10H2,1H3/t12-,16+/m1/s1. The summed E-state index contributed by atoms with van der Waals surface area (Å²) in [6.45, 7) is 0.141. The molecule has 0 spiro atoms. The lowest BCUT2D eigenvalue weighted by Gasteiger charge is -2.25. The minimum atomic E-state index is -0.753. The van der Waals surface area contributed by atoms with Gasteiger partial charge in [0.05, 0.1) is 24.3 Å². The third kappa shape index (κ3) is 3.11. The highest BCUT2D eigenvalue weighted by molar-refractivity contribution is 5.94. The Kier molecular flexibility index (Phi) is 4.56. The van der Waals surface area contributed by atoms with Crippen LogP contribution in [0.25, 0.3) is 22.3 Å². The van der Waals surface area contributed by atoms with Crippen molar-refractivity contribution in [3.8, 4) is 17.1 Å². The normalized spacial score (nSPS) is 19.2. The molecular weight excluding hydrogens is 365 g/mol. The topological polar surface area (TPSA) is 95.8 Å². The molecule has 2 N–H and O–H groups in total. The summed E-state index contributed by atoms with van der Waals surface area (Å²) in [5.74, 6) is -0.446. The van der Waals surface area contributed by atoms with Crippen LogP contribution in [-0.4, -0.2) is 52.0 Å². The van der Waals surface area contributed by atoms with E-state index in [1.807, 2.05) is 0 Å². The maximum absolute atomic E-state index is 13.9. The number of rotatable bonds is 3. The molecule has 28 heavy (non-hydrogen) atoms. The molecule has 2 atom stereocenters. The Hall–Kier alpha value is -3.26. The molecular formula is C20H18FN3O4. The van der Waals surface area contributed by atoms with Crippen molar-refractivity contribution in [1.29, 1.82) is 0 Å². The van der Waals surface area contributed by atoms with Gasteiger partial charge in [0.15, 0.2) is 5.82 Å². The molecule has 3 aromatic rings. The van der Waals surface area contributed by atoms with E-state index in [1.165, 1.54) is 31.4 Å². The molecule has 1 aliphatic heterocycles. The molecule has 4 rings (SSSR count). The third-order valence-corrected chi connectivity index (χ3v) is 4.81. The van der Waals surface area contributed by atoms with Crippen LogP contribution in [0.4, 0.5) is 10.2 Å². The summed E-state index contributed by atoms with van der Waals surface area (Å²) < 4.78 is 18.8. The molecule has 8 heteroatoms. The van der Waals surface area contributed by atoms with E-state index in [0.717, 1.165) is 0 Å². The molecule has 2 aromatic carbocycles. The third-order valence-electron chi connectivity index (χ3n) is 4.81. The van der Waals surface area contributed by atoms with Gasteiger partial charge in [-0.3, -0.25) is 0 Å². The fraction of sp³-hybridized carbons (Fsp3) is 0.250. The van der Waals surface area contributed by atoms with Crippen LogP contribution in [0.3, 0.4) is 0 Å². The summed E-state index contributed by atoms with van der Waals surface area (Å²) in [4.78, 5) is 22.8. The van der Waals surface area contributed by atoms with Crippen LogP contribution in [0.5, 0.6) is 5.75 Å². The number of aromatic nitrogens is 2. The zero-order valence-electron chi connectivity index (χ0n) is 15.0. The average Bonchev–Trinajstić information content (AvgIpc) is 3.08. The van der Waals surface area contributed by atoms with Gasteiger partial charge >= 0.3 is 5.97 Å². The number of halogens is 1. The van der Waals surface area contributed by atoms with Crippen molar-refractivity contribution in [1.82, 2.24) is 9.97 Å². The molecule has 0 bridgehead atoms. The van der Waals surface area contributed by atoms with E-state index in [4.69, 9.17) is 4.74 Å². The molecule has 7 nitrogen and oxygen atoms in total. The summed E-state index contributed by atoms with van der Waals surface area (Å²) in [7, 11) is 1.27. The summed E-state index contributed by atoms with van der Waals surface area (Å²) in [6.07, 6.45) is -0.574. The van der Waals surface area contributed by atoms with Gasteiger partial charge in [0.25, 0.3) is 0 Å². The van der Waals surface area contributed by atoms with Crippen molar-refractivity contribution in [2.24, 2.45) is 0 Å². The van der Waals surface area contributed by atoms with Crippen molar-refractivity contribution in [2.45, 2.75) is 18.6 Å². The molecule has 0 saturated carbocycles. The molecule has 1 saturated heterocycles. The van der Waals surface area contributed by atoms with E-state index in [9.17, 15) is 19.4 Å². The van der Waals surface area contributed by atoms with Crippen molar-refractivity contribution < 1.29 is 24.1 Å². The van der Waals surface area contributed by atoms with Gasteiger partial charge in [-0.1, -0.05) is 12.1 Å². The predicted octanol–water partition coefficient (Wildman–Crippen LogP) is 2.25. The van der Waals surface area contributed by atoms with E-state index in [-0.39, 0.29) is 24.5 Å². The Balaban J connectivity index is 1.94. The lowest BCUT2D eigenvalue weighted by Crippen LogP contribution is -2.37. The average molecular weight is 383 g/mol. The highest BCUT2D eigenvalue weighted by Crippen LogP contribution is 2.35. The van der Waals surface area contributed by atoms with Gasteiger partial charge in [-0.25, -0.2) is 19.2 Å². The maximum atomic E-state index is 13.9. The number of esters is 1. The van der Waals surface area contributed by atoms with Crippen molar-refractivity contribution >= 4 is 22.7 Å². The monoisotopic (exact) mass is 383 g/mol. The highest BCUT2D eigenvalue weighted by Gasteiger charge is 2.38. The number of aromatic hydroxyl groups is 1. The first kappa shape index (κ1) is 18.1. The number of nitrogens with zero attached hydrogens (tertiary/aromatic N) is 3. The van der Waals surface area contributed by atoms with Gasteiger partial charge in [-0.2, -0.15) is 0 Å². The number of hydrogen-bond acceptors (Lipinski definition) is 7. The van der Waals surface area contributed by atoms with Crippen molar-refractivity contribution in [3.05, 3.63) is 48.3 Å². The van der Waals surface area contributed by atoms with Crippen LogP contribution in [0.15, 0.2) is 42.5 Å². The van der Waals surface area contributed by atoms with Gasteiger partial charge < -0.3 is 19.8 Å². The number of anilines is 1. The first-order chi connectivity index (χ1) is 13.5. The van der Waals surface area contributed by atoms with Crippen LogP contribution >= 0.6 is 0 Å². The Labute approximate surface area is 160 Å². The summed E-state index contributed by atoms with van der Waals surface area (Å²) >= 11 is 0. The number of carbonyl (C=O) groups is 1. The Morgan fingerprint density at radius 3 is 2.79 bits per heavy atom. The quantitative estimate of drug-likeness (QED) is 0.670. The zero-order chi connectivity index (χ0) is 19.8. The van der Waals surface area contributed by atoms with Crippen LogP contribution in [0.2, 0.25) is 0 Å². The molecule has 144 valence electrons. The number of carbonyl (C=O) groups excluding carboxylic acids is 1. The van der Waals surface area contributed by atoms with Gasteiger partial charge in [-0.05, 0) is 30.3 Å². The minimum absolute atomic E-state index is 0.000821. The first-order valence-corrected chi connectivity index (χ1v) is 8.76. The SMILES string of the molecule is COC(=O)[C@@H]1C[C@@H](O)CN1c1nc(-c2ccccc2O)nc2ccc(F)cc12. The summed E-state index contributed by atoms with van der Waals surface area (Å²) in [5.41, 5.74) is 0.860. The first-order valence-electron chi connectivity index (χ1n) is 8.76. The molecule has 1 aromatic heterocycles. The van der Waals surface area contributed by atoms with Gasteiger partial charge in [0.2, 0.25) is 0 Å². The summed E-state index contributed by atoms with van der Waals surface area (Å²) in [6, 6.07) is 9.94. The van der Waals surface area contributed by atoms with Crippen molar-refractivity contribution in [3.63, 3.8) is 0 Å². The number of aliphatic hydroxyl groups is 1. The van der Waals surface area contributed by atoms with Gasteiger partial charge in [0.1, 0.15) is 23.4 Å². The molecule has 1 aliphatic rings. The lowest BCUT2D eigenvalue weighted by atomic mass is 10.1. The second-order valence-electron chi connectivity index (χ2n) is 6.63. The van der Waals surface area contributed by atoms with E-state index in [1.54, 1.807) is 23.1 Å². The number of aliphatic hydroxyl groups excluding tert-OH is 1. The number of phenolic OH excluding ortho intramolecular Hbond substituents is 1. The van der Waals surface area contributed by atoms with Crippen molar-refractivity contribution in [2.75, 3.05) is 18.6 Å². The minimum Gasteiger partial charge on any atom is -0.507 e. The smallest absolute Gasteiger partial charge is 0.328 e. The lowest BCUT2D eigenvalue weighted by molar-refractivity contribution is -0.142. The zero-order valence-corrected chi connectivity index (χ0v) is 15.0. The molecule has 0 unspecified atom stereocenters. The molecule has 0 radical (unpaired) electrons. The van der Waals surface area contributed by atoms with Crippen LogP contribution < -0.4 is 4.90 Å². The molecule has 2 heterocycles. The fourth-order valence-electron chi connectivity index (χ4n) is 3.49. The van der Waals surface area contributed by atoms with Crippen LogP contribution in [0.1, 0.15) is 6.42 Å². The second-order valence-corrected chi connectivity index (χ2v) is 6.63. The number of β-amino-alcohol motifs (C(OH)–C–C–N with tert-alkyl or cyclic N) is 1. The number of benzene rings is 2. The Bertz CT molecular complexity index is 1060. The second kappa shape index (κ2) is 7.05. The Morgan fingerprint density at radius 1 is 1.25 bits per heavy atom. The van der Waals surface area contributed by atoms with Gasteiger partial charge in [0, 0.05) is 18.4 Å².